The second kappa shape index (κ2) is 6.18. The number of aryl methyl sites for hydroxylation is 1. The number of rotatable bonds is 5. The van der Waals surface area contributed by atoms with E-state index in [-0.39, 0.29) is 12.7 Å². The van der Waals surface area contributed by atoms with Crippen molar-refractivity contribution >= 4 is 16.9 Å². The zero-order chi connectivity index (χ0) is 14.7. The van der Waals surface area contributed by atoms with Gasteiger partial charge in [-0.25, -0.2) is 0 Å². The molecule has 1 aromatic carbocycles. The Hall–Kier alpha value is -2.01. The van der Waals surface area contributed by atoms with Crippen molar-refractivity contribution < 1.29 is 23.8 Å². The van der Waals surface area contributed by atoms with Crippen molar-refractivity contribution in [1.82, 2.24) is 0 Å². The van der Waals surface area contributed by atoms with Crippen molar-refractivity contribution in [3.8, 4) is 5.95 Å². The standard InChI is InChI=1S/C16H18O5/c17-14(18)9-8-12-11-5-1-2-6-13(11)20-16(12)21-15-7-3-4-10-19-15/h1-2,5-6,15H,3-4,7-10H2,(H,17,18). The molecule has 1 aliphatic rings. The van der Waals surface area contributed by atoms with Gasteiger partial charge in [-0.05, 0) is 25.3 Å². The van der Waals surface area contributed by atoms with E-state index in [1.54, 1.807) is 0 Å². The first kappa shape index (κ1) is 13.9. The maximum absolute atomic E-state index is 10.8. The lowest BCUT2D eigenvalue weighted by molar-refractivity contribution is -0.136. The summed E-state index contributed by atoms with van der Waals surface area (Å²) in [5.74, 6) is -0.440. The van der Waals surface area contributed by atoms with Gasteiger partial charge in [0.15, 0.2) is 0 Å². The zero-order valence-corrected chi connectivity index (χ0v) is 11.7. The molecule has 0 spiro atoms. The molecule has 21 heavy (non-hydrogen) atoms. The lowest BCUT2D eigenvalue weighted by Crippen LogP contribution is -2.25. The van der Waals surface area contributed by atoms with E-state index >= 15 is 0 Å². The number of carboxylic acids is 1. The third-order valence-corrected chi connectivity index (χ3v) is 3.63. The molecule has 1 N–H and O–H groups in total. The smallest absolute Gasteiger partial charge is 0.303 e. The third kappa shape index (κ3) is 3.19. The van der Waals surface area contributed by atoms with Gasteiger partial charge in [-0.1, -0.05) is 18.2 Å². The number of furan rings is 1. The molecule has 2 heterocycles. The molecule has 112 valence electrons. The van der Waals surface area contributed by atoms with Crippen LogP contribution in [0.25, 0.3) is 11.0 Å². The van der Waals surface area contributed by atoms with Crippen molar-refractivity contribution in [3.63, 3.8) is 0 Å². The number of ether oxygens (including phenoxy) is 2. The van der Waals surface area contributed by atoms with Crippen LogP contribution in [0.15, 0.2) is 28.7 Å². The first-order valence-corrected chi connectivity index (χ1v) is 7.24. The summed E-state index contributed by atoms with van der Waals surface area (Å²) < 4.78 is 17.1. The molecule has 1 unspecified atom stereocenters. The Morgan fingerprint density at radius 2 is 2.19 bits per heavy atom. The van der Waals surface area contributed by atoms with Crippen LogP contribution in [0.1, 0.15) is 31.2 Å². The third-order valence-electron chi connectivity index (χ3n) is 3.63. The van der Waals surface area contributed by atoms with Crippen molar-refractivity contribution in [2.75, 3.05) is 6.61 Å². The summed E-state index contributed by atoms with van der Waals surface area (Å²) >= 11 is 0. The highest BCUT2D eigenvalue weighted by Crippen LogP contribution is 2.34. The van der Waals surface area contributed by atoms with Crippen LogP contribution in [-0.4, -0.2) is 24.0 Å². The Morgan fingerprint density at radius 3 is 2.95 bits per heavy atom. The number of hydrogen-bond donors (Lipinski definition) is 1. The summed E-state index contributed by atoms with van der Waals surface area (Å²) in [5, 5.41) is 9.81. The maximum Gasteiger partial charge on any atom is 0.303 e. The number of carbonyl (C=O) groups is 1. The van der Waals surface area contributed by atoms with Gasteiger partial charge in [-0.3, -0.25) is 4.79 Å². The zero-order valence-electron chi connectivity index (χ0n) is 11.7. The van der Waals surface area contributed by atoms with Crippen LogP contribution in [0.4, 0.5) is 0 Å². The van der Waals surface area contributed by atoms with Crippen molar-refractivity contribution in [2.45, 2.75) is 38.4 Å². The molecule has 1 saturated heterocycles. The molecule has 0 radical (unpaired) electrons. The first-order chi connectivity index (χ1) is 10.2. The highest BCUT2D eigenvalue weighted by Gasteiger charge is 2.22. The van der Waals surface area contributed by atoms with Gasteiger partial charge in [-0.2, -0.15) is 0 Å². The van der Waals surface area contributed by atoms with Gasteiger partial charge in [0.05, 0.1) is 6.61 Å². The summed E-state index contributed by atoms with van der Waals surface area (Å²) in [7, 11) is 0. The van der Waals surface area contributed by atoms with Crippen LogP contribution in [-0.2, 0) is 16.0 Å². The van der Waals surface area contributed by atoms with Crippen LogP contribution in [0, 0.1) is 0 Å². The molecular formula is C16H18O5. The molecule has 0 saturated carbocycles. The Morgan fingerprint density at radius 1 is 1.33 bits per heavy atom. The Balaban J connectivity index is 1.87. The van der Waals surface area contributed by atoms with E-state index in [1.807, 2.05) is 24.3 Å². The molecule has 5 heteroatoms. The summed E-state index contributed by atoms with van der Waals surface area (Å²) in [5.41, 5.74) is 1.52. The van der Waals surface area contributed by atoms with Gasteiger partial charge in [0.1, 0.15) is 5.58 Å². The molecule has 0 aliphatic carbocycles. The highest BCUT2D eigenvalue weighted by atomic mass is 16.7. The van der Waals surface area contributed by atoms with E-state index in [0.717, 1.165) is 30.2 Å². The van der Waals surface area contributed by atoms with Gasteiger partial charge in [0, 0.05) is 23.8 Å². The van der Waals surface area contributed by atoms with E-state index in [9.17, 15) is 4.79 Å². The number of benzene rings is 1. The van der Waals surface area contributed by atoms with Crippen LogP contribution >= 0.6 is 0 Å². The second-order valence-corrected chi connectivity index (χ2v) is 5.17. The average molecular weight is 290 g/mol. The molecule has 0 amide bonds. The van der Waals surface area contributed by atoms with Crippen LogP contribution < -0.4 is 4.74 Å². The van der Waals surface area contributed by atoms with E-state index in [1.165, 1.54) is 0 Å². The fraction of sp³-hybridized carbons (Fsp3) is 0.438. The molecule has 3 rings (SSSR count). The summed E-state index contributed by atoms with van der Waals surface area (Å²) in [6, 6.07) is 7.56. The van der Waals surface area contributed by atoms with Crippen LogP contribution in [0.5, 0.6) is 5.95 Å². The normalized spacial score (nSPS) is 18.8. The predicted molar refractivity (Wildman–Crippen MR) is 76.4 cm³/mol. The van der Waals surface area contributed by atoms with E-state index in [2.05, 4.69) is 0 Å². The molecule has 1 aliphatic heterocycles. The van der Waals surface area contributed by atoms with Gasteiger partial charge in [0.25, 0.3) is 5.95 Å². The van der Waals surface area contributed by atoms with Crippen LogP contribution in [0.3, 0.4) is 0 Å². The minimum atomic E-state index is -0.833. The minimum absolute atomic E-state index is 0.0470. The quantitative estimate of drug-likeness (QED) is 0.914. The summed E-state index contributed by atoms with van der Waals surface area (Å²) in [4.78, 5) is 10.8. The average Bonchev–Trinajstić information content (AvgIpc) is 2.83. The van der Waals surface area contributed by atoms with Gasteiger partial charge < -0.3 is 19.0 Å². The highest BCUT2D eigenvalue weighted by molar-refractivity contribution is 5.84. The van der Waals surface area contributed by atoms with Gasteiger partial charge in [0.2, 0.25) is 6.29 Å². The van der Waals surface area contributed by atoms with E-state index in [4.69, 9.17) is 19.0 Å². The largest absolute Gasteiger partial charge is 0.481 e. The van der Waals surface area contributed by atoms with Crippen molar-refractivity contribution in [3.05, 3.63) is 29.8 Å². The Bertz CT molecular complexity index is 625. The molecule has 0 bridgehead atoms. The number of carboxylic acid groups (broad SMARTS) is 1. The summed E-state index contributed by atoms with van der Waals surface area (Å²) in [6.45, 7) is 0.690. The number of aliphatic carboxylic acids is 1. The van der Waals surface area contributed by atoms with Gasteiger partial charge >= 0.3 is 5.97 Å². The number of hydrogen-bond acceptors (Lipinski definition) is 4. The molecule has 2 aromatic rings. The van der Waals surface area contributed by atoms with Gasteiger partial charge in [-0.15, -0.1) is 0 Å². The summed E-state index contributed by atoms with van der Waals surface area (Å²) in [6.07, 6.45) is 3.07. The Labute approximate surface area is 122 Å². The topological polar surface area (TPSA) is 68.9 Å². The minimum Gasteiger partial charge on any atom is -0.481 e. The van der Waals surface area contributed by atoms with Crippen molar-refractivity contribution in [2.24, 2.45) is 0 Å². The van der Waals surface area contributed by atoms with Crippen LogP contribution in [0.2, 0.25) is 0 Å². The maximum atomic E-state index is 10.8. The molecule has 1 aromatic heterocycles. The van der Waals surface area contributed by atoms with E-state index < -0.39 is 5.97 Å². The molecule has 1 fully saturated rings. The lowest BCUT2D eigenvalue weighted by atomic mass is 10.1. The fourth-order valence-corrected chi connectivity index (χ4v) is 2.56. The molecular weight excluding hydrogens is 272 g/mol. The molecule has 5 nitrogen and oxygen atoms in total. The lowest BCUT2D eigenvalue weighted by Gasteiger charge is -2.22. The number of para-hydroxylation sites is 1. The SMILES string of the molecule is O=C(O)CCc1c(OC2CCCCO2)oc2ccccc12. The van der Waals surface area contributed by atoms with Crippen molar-refractivity contribution in [1.29, 1.82) is 0 Å². The molecule has 1 atom stereocenters. The Kier molecular flexibility index (Phi) is 4.10. The monoisotopic (exact) mass is 290 g/mol. The number of fused-ring (bicyclic) bond motifs is 1. The first-order valence-electron chi connectivity index (χ1n) is 7.24. The van der Waals surface area contributed by atoms with E-state index in [0.29, 0.717) is 24.6 Å². The fourth-order valence-electron chi connectivity index (χ4n) is 2.56. The second-order valence-electron chi connectivity index (χ2n) is 5.17. The predicted octanol–water partition coefficient (Wildman–Crippen LogP) is 3.36.